The first-order valence-corrected chi connectivity index (χ1v) is 7.96. The van der Waals surface area contributed by atoms with Crippen molar-refractivity contribution in [2.75, 3.05) is 26.8 Å². The topological polar surface area (TPSA) is 51.1 Å². The van der Waals surface area contributed by atoms with Crippen LogP contribution in [-0.2, 0) is 11.3 Å². The third kappa shape index (κ3) is 5.76. The van der Waals surface area contributed by atoms with Crippen LogP contribution in [-0.4, -0.2) is 41.7 Å². The molecule has 0 saturated heterocycles. The summed E-state index contributed by atoms with van der Waals surface area (Å²) in [5, 5.41) is 11.5. The van der Waals surface area contributed by atoms with Crippen molar-refractivity contribution in [2.45, 2.75) is 33.2 Å². The van der Waals surface area contributed by atoms with Crippen LogP contribution in [0.15, 0.2) is 4.47 Å². The molecule has 20 heavy (non-hydrogen) atoms. The molecule has 1 aromatic rings. The molecule has 0 radical (unpaired) electrons. The van der Waals surface area contributed by atoms with Crippen molar-refractivity contribution < 1.29 is 4.74 Å². The quantitative estimate of drug-likeness (QED) is 0.548. The second-order valence-electron chi connectivity index (χ2n) is 4.59. The largest absolute Gasteiger partial charge is 0.385 e. The zero-order valence-electron chi connectivity index (χ0n) is 12.3. The van der Waals surface area contributed by atoms with Gasteiger partial charge in [-0.05, 0) is 54.8 Å². The van der Waals surface area contributed by atoms with E-state index in [-0.39, 0.29) is 0 Å². The summed E-state index contributed by atoms with van der Waals surface area (Å²) in [5.41, 5.74) is 2.20. The summed E-state index contributed by atoms with van der Waals surface area (Å²) in [5.74, 6) is 0. The van der Waals surface area contributed by atoms with Gasteiger partial charge in [-0.3, -0.25) is 4.68 Å². The van der Waals surface area contributed by atoms with Crippen LogP contribution in [0.1, 0.15) is 24.2 Å². The van der Waals surface area contributed by atoms with E-state index in [0.717, 1.165) is 49.2 Å². The first-order chi connectivity index (χ1) is 9.56. The molecule has 5 nitrogen and oxygen atoms in total. The molecule has 2 N–H and O–H groups in total. The van der Waals surface area contributed by atoms with E-state index >= 15 is 0 Å². The van der Waals surface area contributed by atoms with E-state index in [9.17, 15) is 0 Å². The highest BCUT2D eigenvalue weighted by atomic mass is 79.9. The Morgan fingerprint density at radius 1 is 1.30 bits per heavy atom. The summed E-state index contributed by atoms with van der Waals surface area (Å²) in [6.07, 6.45) is 1.94. The van der Waals surface area contributed by atoms with Crippen molar-refractivity contribution in [3.63, 3.8) is 0 Å². The van der Waals surface area contributed by atoms with E-state index in [4.69, 9.17) is 17.0 Å². The maximum absolute atomic E-state index is 5.19. The first-order valence-electron chi connectivity index (χ1n) is 6.76. The monoisotopic (exact) mass is 362 g/mol. The van der Waals surface area contributed by atoms with Crippen LogP contribution < -0.4 is 10.6 Å². The number of hydrogen-bond acceptors (Lipinski definition) is 3. The molecule has 0 aliphatic carbocycles. The molecule has 0 fully saturated rings. The minimum Gasteiger partial charge on any atom is -0.385 e. The lowest BCUT2D eigenvalue weighted by Crippen LogP contribution is -2.36. The fourth-order valence-corrected chi connectivity index (χ4v) is 2.29. The summed E-state index contributed by atoms with van der Waals surface area (Å²) in [4.78, 5) is 0. The first kappa shape index (κ1) is 17.4. The van der Waals surface area contributed by atoms with Crippen LogP contribution in [0.3, 0.4) is 0 Å². The van der Waals surface area contributed by atoms with Crippen molar-refractivity contribution >= 4 is 33.3 Å². The molecule has 0 bridgehead atoms. The molecule has 1 heterocycles. The molecule has 0 aromatic carbocycles. The van der Waals surface area contributed by atoms with Crippen LogP contribution in [0.25, 0.3) is 0 Å². The molecule has 1 aromatic heterocycles. The third-order valence-electron chi connectivity index (χ3n) is 2.94. The van der Waals surface area contributed by atoms with Crippen molar-refractivity contribution in [3.8, 4) is 0 Å². The fraction of sp³-hybridized carbons (Fsp3) is 0.692. The lowest BCUT2D eigenvalue weighted by Gasteiger charge is -2.10. The standard InChI is InChI=1S/C13H23BrN4OS/c1-10-12(14)11(2)18(17-10)8-4-6-15-13(20)16-7-5-9-19-3/h4-9H2,1-3H3,(H2,15,16,20). The van der Waals surface area contributed by atoms with Crippen LogP contribution >= 0.6 is 28.1 Å². The molecule has 0 spiro atoms. The Morgan fingerprint density at radius 3 is 2.50 bits per heavy atom. The molecule has 1 rings (SSSR count). The van der Waals surface area contributed by atoms with Gasteiger partial charge in [-0.15, -0.1) is 0 Å². The smallest absolute Gasteiger partial charge is 0.166 e. The molecule has 0 aliphatic heterocycles. The number of halogens is 1. The lowest BCUT2D eigenvalue weighted by molar-refractivity contribution is 0.195. The van der Waals surface area contributed by atoms with Gasteiger partial charge in [0, 0.05) is 39.0 Å². The summed E-state index contributed by atoms with van der Waals surface area (Å²) < 4.78 is 8.10. The van der Waals surface area contributed by atoms with E-state index in [1.165, 1.54) is 5.69 Å². The van der Waals surface area contributed by atoms with Crippen molar-refractivity contribution in [3.05, 3.63) is 15.9 Å². The van der Waals surface area contributed by atoms with Gasteiger partial charge in [0.05, 0.1) is 10.2 Å². The van der Waals surface area contributed by atoms with Gasteiger partial charge in [0.1, 0.15) is 0 Å². The van der Waals surface area contributed by atoms with Crippen molar-refractivity contribution in [2.24, 2.45) is 0 Å². The van der Waals surface area contributed by atoms with Gasteiger partial charge in [-0.25, -0.2) is 0 Å². The predicted octanol–water partition coefficient (Wildman–Crippen LogP) is 2.15. The van der Waals surface area contributed by atoms with Crippen LogP contribution in [0, 0.1) is 13.8 Å². The zero-order valence-corrected chi connectivity index (χ0v) is 14.7. The normalized spacial score (nSPS) is 10.6. The minimum absolute atomic E-state index is 0.704. The van der Waals surface area contributed by atoms with Gasteiger partial charge >= 0.3 is 0 Å². The van der Waals surface area contributed by atoms with Crippen LogP contribution in [0.5, 0.6) is 0 Å². The van der Waals surface area contributed by atoms with Crippen molar-refractivity contribution in [1.29, 1.82) is 0 Å². The molecule has 0 saturated carbocycles. The Kier molecular flexibility index (Phi) is 8.09. The highest BCUT2D eigenvalue weighted by molar-refractivity contribution is 9.10. The molecular weight excluding hydrogens is 340 g/mol. The highest BCUT2D eigenvalue weighted by Gasteiger charge is 2.07. The minimum atomic E-state index is 0.704. The number of thiocarbonyl (C=S) groups is 1. The third-order valence-corrected chi connectivity index (χ3v) is 4.37. The van der Waals surface area contributed by atoms with Gasteiger partial charge in [0.2, 0.25) is 0 Å². The van der Waals surface area contributed by atoms with E-state index in [2.05, 4.69) is 38.6 Å². The Hall–Kier alpha value is -0.660. The molecular formula is C13H23BrN4OS. The summed E-state index contributed by atoms with van der Waals surface area (Å²) in [7, 11) is 1.70. The van der Waals surface area contributed by atoms with Crippen molar-refractivity contribution in [1.82, 2.24) is 20.4 Å². The predicted molar refractivity (Wildman–Crippen MR) is 89.1 cm³/mol. The van der Waals surface area contributed by atoms with E-state index in [1.54, 1.807) is 7.11 Å². The number of hydrogen-bond donors (Lipinski definition) is 2. The van der Waals surface area contributed by atoms with E-state index in [0.29, 0.717) is 5.11 Å². The molecule has 0 amide bonds. The number of aryl methyl sites for hydroxylation is 2. The number of aromatic nitrogens is 2. The maximum atomic E-state index is 5.19. The van der Waals surface area contributed by atoms with Gasteiger partial charge in [-0.1, -0.05) is 0 Å². The van der Waals surface area contributed by atoms with E-state index < -0.39 is 0 Å². The molecule has 7 heteroatoms. The molecule has 0 atom stereocenters. The molecule has 0 unspecified atom stereocenters. The molecule has 0 aliphatic rings. The lowest BCUT2D eigenvalue weighted by atomic mass is 10.4. The molecule has 114 valence electrons. The Balaban J connectivity index is 2.15. The van der Waals surface area contributed by atoms with Gasteiger partial charge in [0.25, 0.3) is 0 Å². The Morgan fingerprint density at radius 2 is 1.95 bits per heavy atom. The number of nitrogens with zero attached hydrogens (tertiary/aromatic N) is 2. The average molecular weight is 363 g/mol. The summed E-state index contributed by atoms with van der Waals surface area (Å²) in [6, 6.07) is 0. The second kappa shape index (κ2) is 9.31. The van der Waals surface area contributed by atoms with Gasteiger partial charge < -0.3 is 15.4 Å². The van der Waals surface area contributed by atoms with E-state index in [1.807, 2.05) is 11.6 Å². The second-order valence-corrected chi connectivity index (χ2v) is 5.79. The average Bonchev–Trinajstić information content (AvgIpc) is 2.67. The Bertz CT molecular complexity index is 436. The van der Waals surface area contributed by atoms with Crippen LogP contribution in [0.4, 0.5) is 0 Å². The SMILES string of the molecule is COCCCNC(=S)NCCCn1nc(C)c(Br)c1C. The zero-order chi connectivity index (χ0) is 15.0. The number of nitrogens with one attached hydrogen (secondary N) is 2. The Labute approximate surface area is 134 Å². The fourth-order valence-electron chi connectivity index (χ4n) is 1.80. The highest BCUT2D eigenvalue weighted by Crippen LogP contribution is 2.19. The number of methoxy groups -OCH3 is 1. The maximum Gasteiger partial charge on any atom is 0.166 e. The summed E-state index contributed by atoms with van der Waals surface area (Å²) >= 11 is 8.72. The van der Waals surface area contributed by atoms with Gasteiger partial charge in [0.15, 0.2) is 5.11 Å². The number of ether oxygens (including phenoxy) is 1. The number of rotatable bonds is 8. The van der Waals surface area contributed by atoms with Gasteiger partial charge in [-0.2, -0.15) is 5.10 Å². The summed E-state index contributed by atoms with van der Waals surface area (Å²) in [6.45, 7) is 7.39. The van der Waals surface area contributed by atoms with Crippen LogP contribution in [0.2, 0.25) is 0 Å².